The van der Waals surface area contributed by atoms with E-state index >= 15 is 0 Å². The van der Waals surface area contributed by atoms with Crippen molar-refractivity contribution in [2.24, 2.45) is 0 Å². The third-order valence-electron chi connectivity index (χ3n) is 1.77. The van der Waals surface area contributed by atoms with Crippen LogP contribution in [0.25, 0.3) is 0 Å². The fourth-order valence-electron chi connectivity index (χ4n) is 1.14. The Kier molecular flexibility index (Phi) is 10.2. The van der Waals surface area contributed by atoms with Crippen molar-refractivity contribution >= 4 is 30.8 Å². The van der Waals surface area contributed by atoms with Crippen LogP contribution < -0.4 is 10.6 Å². The van der Waals surface area contributed by atoms with Crippen LogP contribution in [0.2, 0.25) is 0 Å². The summed E-state index contributed by atoms with van der Waals surface area (Å²) < 4.78 is 4.55. The number of piperazine rings is 1. The smallest absolute Gasteiger partial charge is 0.307 e. The van der Waals surface area contributed by atoms with E-state index in [1.54, 1.807) is 0 Å². The molecule has 1 aliphatic rings. The highest BCUT2D eigenvalue weighted by molar-refractivity contribution is 5.85. The van der Waals surface area contributed by atoms with Gasteiger partial charge in [-0.3, -0.25) is 4.79 Å². The molecule has 1 fully saturated rings. The molecule has 1 heterocycles. The molecule has 0 bridgehead atoms. The number of halogens is 2. The largest absolute Gasteiger partial charge is 0.469 e. The van der Waals surface area contributed by atoms with Crippen LogP contribution in [0.3, 0.4) is 0 Å². The maximum Gasteiger partial charge on any atom is 0.307 e. The third-order valence-corrected chi connectivity index (χ3v) is 1.77. The van der Waals surface area contributed by atoms with Gasteiger partial charge in [-0.2, -0.15) is 0 Å². The highest BCUT2D eigenvalue weighted by atomic mass is 35.5. The van der Waals surface area contributed by atoms with Crippen molar-refractivity contribution in [3.63, 3.8) is 0 Å². The zero-order chi connectivity index (χ0) is 8.10. The van der Waals surface area contributed by atoms with Gasteiger partial charge in [0.1, 0.15) is 0 Å². The molecule has 1 aliphatic heterocycles. The molecule has 6 heteroatoms. The molecule has 0 aliphatic carbocycles. The molecule has 0 saturated carbocycles. The Hall–Kier alpha value is -0.0300. The van der Waals surface area contributed by atoms with Crippen LogP contribution in [0.1, 0.15) is 6.42 Å². The summed E-state index contributed by atoms with van der Waals surface area (Å²) in [5.41, 5.74) is 0. The third kappa shape index (κ3) is 6.10. The fraction of sp³-hybridized carbons (Fsp3) is 0.857. The van der Waals surface area contributed by atoms with Crippen molar-refractivity contribution < 1.29 is 9.53 Å². The van der Waals surface area contributed by atoms with Crippen LogP contribution in [-0.2, 0) is 9.53 Å². The van der Waals surface area contributed by atoms with Crippen LogP contribution in [0, 0.1) is 0 Å². The van der Waals surface area contributed by atoms with E-state index in [0.717, 1.165) is 19.6 Å². The van der Waals surface area contributed by atoms with Crippen LogP contribution in [0.5, 0.6) is 0 Å². The first-order valence-electron chi connectivity index (χ1n) is 3.84. The molecule has 0 aromatic rings. The number of nitrogens with one attached hydrogen (secondary N) is 2. The lowest BCUT2D eigenvalue weighted by molar-refractivity contribution is -0.141. The maximum atomic E-state index is 10.8. The van der Waals surface area contributed by atoms with E-state index in [0.29, 0.717) is 6.42 Å². The summed E-state index contributed by atoms with van der Waals surface area (Å²) in [6.07, 6.45) is 0.462. The molecule has 4 nitrogen and oxygen atoms in total. The summed E-state index contributed by atoms with van der Waals surface area (Å²) in [5.74, 6) is -0.147. The SMILES string of the molecule is COC(=O)C[C@H]1CNCCN1.Cl.Cl. The molecule has 0 spiro atoms. The molecule has 0 amide bonds. The number of carbonyl (C=O) groups is 1. The first-order valence-corrected chi connectivity index (χ1v) is 3.84. The van der Waals surface area contributed by atoms with E-state index in [9.17, 15) is 4.79 Å². The van der Waals surface area contributed by atoms with Crippen molar-refractivity contribution in [1.29, 1.82) is 0 Å². The Balaban J connectivity index is 0. The molecule has 13 heavy (non-hydrogen) atoms. The number of hydrogen-bond donors (Lipinski definition) is 2. The van der Waals surface area contributed by atoms with Gasteiger partial charge in [0, 0.05) is 25.7 Å². The van der Waals surface area contributed by atoms with E-state index in [1.165, 1.54) is 7.11 Å². The lowest BCUT2D eigenvalue weighted by atomic mass is 10.2. The average Bonchev–Trinajstić information content (AvgIpc) is 2.06. The van der Waals surface area contributed by atoms with Gasteiger partial charge in [-0.1, -0.05) is 0 Å². The van der Waals surface area contributed by atoms with Gasteiger partial charge in [-0.15, -0.1) is 24.8 Å². The predicted molar refractivity (Wildman–Crippen MR) is 55.8 cm³/mol. The van der Waals surface area contributed by atoms with Gasteiger partial charge < -0.3 is 15.4 Å². The predicted octanol–water partition coefficient (Wildman–Crippen LogP) is -0.0455. The molecule has 0 aromatic heterocycles. The fourth-order valence-corrected chi connectivity index (χ4v) is 1.14. The van der Waals surface area contributed by atoms with Gasteiger partial charge in [-0.25, -0.2) is 0 Å². The minimum Gasteiger partial charge on any atom is -0.469 e. The molecule has 1 saturated heterocycles. The molecule has 1 atom stereocenters. The average molecular weight is 231 g/mol. The first-order chi connectivity index (χ1) is 5.33. The van der Waals surface area contributed by atoms with Crippen LogP contribution in [-0.4, -0.2) is 38.8 Å². The topological polar surface area (TPSA) is 50.4 Å². The Morgan fingerprint density at radius 3 is 2.62 bits per heavy atom. The number of methoxy groups -OCH3 is 1. The van der Waals surface area contributed by atoms with Crippen molar-refractivity contribution in [2.75, 3.05) is 26.7 Å². The van der Waals surface area contributed by atoms with E-state index < -0.39 is 0 Å². The number of hydrogen-bond acceptors (Lipinski definition) is 4. The number of rotatable bonds is 2. The van der Waals surface area contributed by atoms with Gasteiger partial charge in [-0.05, 0) is 0 Å². The second-order valence-corrected chi connectivity index (χ2v) is 2.64. The van der Waals surface area contributed by atoms with E-state index in [4.69, 9.17) is 0 Å². The van der Waals surface area contributed by atoms with Crippen LogP contribution >= 0.6 is 24.8 Å². The van der Waals surface area contributed by atoms with Crippen molar-refractivity contribution in [1.82, 2.24) is 10.6 Å². The standard InChI is InChI=1S/C7H14N2O2.2ClH/c1-11-7(10)4-6-5-8-2-3-9-6;;/h6,8-9H,2-5H2,1H3;2*1H/t6-;;/m0../s1. The highest BCUT2D eigenvalue weighted by Gasteiger charge is 2.15. The number of ether oxygens (including phenoxy) is 1. The summed E-state index contributed by atoms with van der Waals surface area (Å²) in [6, 6.07) is 0.246. The molecule has 0 radical (unpaired) electrons. The molecule has 2 N–H and O–H groups in total. The highest BCUT2D eigenvalue weighted by Crippen LogP contribution is 1.95. The Morgan fingerprint density at radius 2 is 2.15 bits per heavy atom. The van der Waals surface area contributed by atoms with E-state index in [2.05, 4.69) is 15.4 Å². The molecular weight excluding hydrogens is 215 g/mol. The van der Waals surface area contributed by atoms with Gasteiger partial charge >= 0.3 is 5.97 Å². The second kappa shape index (κ2) is 8.56. The summed E-state index contributed by atoms with van der Waals surface area (Å²) in [7, 11) is 1.42. The second-order valence-electron chi connectivity index (χ2n) is 2.64. The van der Waals surface area contributed by atoms with Crippen molar-refractivity contribution in [3.8, 4) is 0 Å². The Bertz CT molecular complexity index is 140. The Labute approximate surface area is 90.6 Å². The first kappa shape index (κ1) is 15.4. The van der Waals surface area contributed by atoms with Gasteiger partial charge in [0.25, 0.3) is 0 Å². The minimum absolute atomic E-state index is 0. The molecular formula is C7H16Cl2N2O2. The monoisotopic (exact) mass is 230 g/mol. The van der Waals surface area contributed by atoms with Gasteiger partial charge in [0.05, 0.1) is 13.5 Å². The summed E-state index contributed by atoms with van der Waals surface area (Å²) in [5, 5.41) is 6.41. The Morgan fingerprint density at radius 1 is 1.46 bits per heavy atom. The lowest BCUT2D eigenvalue weighted by Gasteiger charge is -2.23. The van der Waals surface area contributed by atoms with Crippen LogP contribution in [0.4, 0.5) is 0 Å². The zero-order valence-corrected chi connectivity index (χ0v) is 9.17. The van der Waals surface area contributed by atoms with Gasteiger partial charge in [0.15, 0.2) is 0 Å². The van der Waals surface area contributed by atoms with Crippen molar-refractivity contribution in [2.45, 2.75) is 12.5 Å². The normalized spacial score (nSPS) is 20.8. The quantitative estimate of drug-likeness (QED) is 0.654. The summed E-state index contributed by atoms with van der Waals surface area (Å²) in [4.78, 5) is 10.8. The summed E-state index contributed by atoms with van der Waals surface area (Å²) >= 11 is 0. The number of carbonyl (C=O) groups excluding carboxylic acids is 1. The molecule has 1 rings (SSSR count). The lowest BCUT2D eigenvalue weighted by Crippen LogP contribution is -2.49. The number of esters is 1. The minimum atomic E-state index is -0.147. The zero-order valence-electron chi connectivity index (χ0n) is 7.54. The van der Waals surface area contributed by atoms with Crippen molar-refractivity contribution in [3.05, 3.63) is 0 Å². The molecule has 0 unspecified atom stereocenters. The summed E-state index contributed by atoms with van der Waals surface area (Å²) in [6.45, 7) is 2.77. The van der Waals surface area contributed by atoms with E-state index in [-0.39, 0.29) is 36.8 Å². The molecule has 80 valence electrons. The van der Waals surface area contributed by atoms with Gasteiger partial charge in [0.2, 0.25) is 0 Å². The van der Waals surface area contributed by atoms with Crippen LogP contribution in [0.15, 0.2) is 0 Å². The molecule has 0 aromatic carbocycles. The maximum absolute atomic E-state index is 10.8. The van der Waals surface area contributed by atoms with E-state index in [1.807, 2.05) is 0 Å².